The van der Waals surface area contributed by atoms with Crippen LogP contribution in [0.3, 0.4) is 0 Å². The summed E-state index contributed by atoms with van der Waals surface area (Å²) in [6.45, 7) is 0. The topological polar surface area (TPSA) is 19.9 Å². The fraction of sp³-hybridized carbons (Fsp3) is 0.0769. The smallest absolute Gasteiger partial charge is 0.186 e. The van der Waals surface area contributed by atoms with Crippen LogP contribution in [0.15, 0.2) is 42.5 Å². The molecule has 3 rings (SSSR count). The summed E-state index contributed by atoms with van der Waals surface area (Å²) in [5.74, 6) is 0.146. The molecule has 1 aliphatic carbocycles. The highest BCUT2D eigenvalue weighted by Crippen LogP contribution is 2.41. The molecule has 67 valence electrons. The second-order valence-electron chi connectivity index (χ2n) is 3.62. The van der Waals surface area contributed by atoms with E-state index >= 15 is 0 Å². The highest BCUT2D eigenvalue weighted by Gasteiger charge is 2.20. The van der Waals surface area contributed by atoms with E-state index in [0.29, 0.717) is 0 Å². The van der Waals surface area contributed by atoms with Crippen LogP contribution >= 0.6 is 0 Å². The maximum absolute atomic E-state index is 11.7. The van der Waals surface area contributed by atoms with E-state index in [-0.39, 0.29) is 5.75 Å². The van der Waals surface area contributed by atoms with Crippen LogP contribution in [0.25, 0.3) is 11.1 Å². The van der Waals surface area contributed by atoms with Gasteiger partial charge in [-0.25, -0.2) is 0 Å². The first kappa shape index (κ1) is 7.63. The molecule has 0 saturated heterocycles. The van der Waals surface area contributed by atoms with Crippen molar-refractivity contribution in [3.63, 3.8) is 0 Å². The third-order valence-electron chi connectivity index (χ3n) is 2.78. The highest BCUT2D eigenvalue weighted by atomic mass is 16.3. The van der Waals surface area contributed by atoms with Gasteiger partial charge in [-0.15, -0.1) is 0 Å². The molecule has 0 spiro atoms. The van der Waals surface area contributed by atoms with Crippen molar-refractivity contribution in [2.24, 2.45) is 0 Å². The van der Waals surface area contributed by atoms with Gasteiger partial charge in [-0.1, -0.05) is 36.4 Å². The monoisotopic (exact) mass is 181 g/mol. The van der Waals surface area contributed by atoms with E-state index in [1.54, 1.807) is 6.07 Å². The van der Waals surface area contributed by atoms with E-state index in [0.717, 1.165) is 17.5 Å². The molecule has 14 heavy (non-hydrogen) atoms. The standard InChI is InChI=1S/C13H9O/c14-12-7-3-5-10-8-9-4-1-2-6-11(9)13(10)12/h1-7H,8H2. The van der Waals surface area contributed by atoms with Gasteiger partial charge in [0.2, 0.25) is 0 Å². The van der Waals surface area contributed by atoms with Crippen LogP contribution in [0, 0.1) is 0 Å². The van der Waals surface area contributed by atoms with Crippen LogP contribution in [0.5, 0.6) is 5.75 Å². The maximum Gasteiger partial charge on any atom is 0.186 e. The molecule has 1 radical (unpaired) electrons. The van der Waals surface area contributed by atoms with Crippen LogP contribution in [0.1, 0.15) is 11.1 Å². The van der Waals surface area contributed by atoms with Crippen LogP contribution in [0.4, 0.5) is 0 Å². The highest BCUT2D eigenvalue weighted by molar-refractivity contribution is 5.81. The minimum absolute atomic E-state index is 0.146. The zero-order chi connectivity index (χ0) is 9.54. The first-order valence-corrected chi connectivity index (χ1v) is 4.73. The van der Waals surface area contributed by atoms with Crippen LogP contribution < -0.4 is 0 Å². The van der Waals surface area contributed by atoms with E-state index in [4.69, 9.17) is 0 Å². The number of hydrogen-bond acceptors (Lipinski definition) is 0. The van der Waals surface area contributed by atoms with E-state index < -0.39 is 0 Å². The summed E-state index contributed by atoms with van der Waals surface area (Å²) < 4.78 is 0. The molecule has 0 atom stereocenters. The minimum atomic E-state index is 0.146. The maximum atomic E-state index is 11.7. The number of hydrogen-bond donors (Lipinski definition) is 0. The van der Waals surface area contributed by atoms with Gasteiger partial charge < -0.3 is 0 Å². The number of rotatable bonds is 0. The molecular weight excluding hydrogens is 172 g/mol. The van der Waals surface area contributed by atoms with E-state index in [1.807, 2.05) is 30.3 Å². The van der Waals surface area contributed by atoms with Gasteiger partial charge in [0.15, 0.2) is 5.75 Å². The van der Waals surface area contributed by atoms with Gasteiger partial charge in [-0.3, -0.25) is 5.11 Å². The lowest BCUT2D eigenvalue weighted by Crippen LogP contribution is -1.77. The molecule has 0 saturated carbocycles. The molecule has 1 heteroatoms. The molecule has 0 amide bonds. The van der Waals surface area contributed by atoms with E-state index in [2.05, 4.69) is 6.07 Å². The third-order valence-corrected chi connectivity index (χ3v) is 2.78. The molecule has 0 bridgehead atoms. The zero-order valence-electron chi connectivity index (χ0n) is 7.66. The molecule has 2 aromatic rings. The normalized spacial score (nSPS) is 12.3. The summed E-state index contributed by atoms with van der Waals surface area (Å²) in [6.07, 6.45) is 0.904. The average molecular weight is 181 g/mol. The summed E-state index contributed by atoms with van der Waals surface area (Å²) in [7, 11) is 0. The van der Waals surface area contributed by atoms with Gasteiger partial charge in [-0.05, 0) is 29.2 Å². The predicted molar refractivity (Wildman–Crippen MR) is 54.8 cm³/mol. The molecule has 2 aromatic carbocycles. The van der Waals surface area contributed by atoms with Gasteiger partial charge >= 0.3 is 0 Å². The molecule has 0 unspecified atom stereocenters. The van der Waals surface area contributed by atoms with Gasteiger partial charge in [0.05, 0.1) is 0 Å². The van der Waals surface area contributed by atoms with Crippen LogP contribution in [0.2, 0.25) is 0 Å². The molecule has 0 aliphatic heterocycles. The average Bonchev–Trinajstić information content (AvgIpc) is 2.57. The van der Waals surface area contributed by atoms with Crippen molar-refractivity contribution < 1.29 is 5.11 Å². The Morgan fingerprint density at radius 2 is 1.64 bits per heavy atom. The molecule has 0 heterocycles. The fourth-order valence-electron chi connectivity index (χ4n) is 2.15. The Labute approximate surface area is 82.6 Å². The Morgan fingerprint density at radius 3 is 2.57 bits per heavy atom. The van der Waals surface area contributed by atoms with Crippen molar-refractivity contribution in [3.05, 3.63) is 53.6 Å². The summed E-state index contributed by atoms with van der Waals surface area (Å²) >= 11 is 0. The number of fused-ring (bicyclic) bond motifs is 3. The lowest BCUT2D eigenvalue weighted by molar-refractivity contribution is 0.356. The Kier molecular flexibility index (Phi) is 1.42. The molecule has 1 nitrogen and oxygen atoms in total. The number of benzene rings is 2. The Balaban J connectivity index is 2.35. The zero-order valence-corrected chi connectivity index (χ0v) is 7.66. The van der Waals surface area contributed by atoms with Crippen LogP contribution in [-0.2, 0) is 11.5 Å². The van der Waals surface area contributed by atoms with Crippen molar-refractivity contribution in [2.45, 2.75) is 6.42 Å². The van der Waals surface area contributed by atoms with Crippen molar-refractivity contribution in [3.8, 4) is 16.9 Å². The summed E-state index contributed by atoms with van der Waals surface area (Å²) in [6, 6.07) is 13.7. The van der Waals surface area contributed by atoms with Crippen molar-refractivity contribution in [1.82, 2.24) is 0 Å². The summed E-state index contributed by atoms with van der Waals surface area (Å²) in [5, 5.41) is 11.7. The summed E-state index contributed by atoms with van der Waals surface area (Å²) in [5.41, 5.74) is 4.46. The second kappa shape index (κ2) is 2.61. The molecule has 0 fully saturated rings. The molecule has 0 N–H and O–H groups in total. The predicted octanol–water partition coefficient (Wildman–Crippen LogP) is 3.40. The van der Waals surface area contributed by atoms with E-state index in [9.17, 15) is 5.11 Å². The molecular formula is C13H9O. The van der Waals surface area contributed by atoms with Crippen molar-refractivity contribution in [2.75, 3.05) is 0 Å². The largest absolute Gasteiger partial charge is 0.289 e. The summed E-state index contributed by atoms with van der Waals surface area (Å²) in [4.78, 5) is 0. The first-order chi connectivity index (χ1) is 6.86. The van der Waals surface area contributed by atoms with Gasteiger partial charge in [0, 0.05) is 5.56 Å². The Bertz CT molecular complexity index is 500. The van der Waals surface area contributed by atoms with Crippen molar-refractivity contribution >= 4 is 0 Å². The van der Waals surface area contributed by atoms with Crippen molar-refractivity contribution in [1.29, 1.82) is 0 Å². The molecule has 0 aromatic heterocycles. The quantitative estimate of drug-likeness (QED) is 0.506. The lowest BCUT2D eigenvalue weighted by Gasteiger charge is -2.00. The Hall–Kier alpha value is -1.76. The van der Waals surface area contributed by atoms with Crippen LogP contribution in [-0.4, -0.2) is 0 Å². The molecule has 1 aliphatic rings. The second-order valence-corrected chi connectivity index (χ2v) is 3.62. The van der Waals surface area contributed by atoms with Gasteiger partial charge in [-0.2, -0.15) is 0 Å². The van der Waals surface area contributed by atoms with E-state index in [1.165, 1.54) is 11.1 Å². The third kappa shape index (κ3) is 0.896. The van der Waals surface area contributed by atoms with Gasteiger partial charge in [0.25, 0.3) is 0 Å². The first-order valence-electron chi connectivity index (χ1n) is 4.73. The lowest BCUT2D eigenvalue weighted by atomic mass is 10.1. The minimum Gasteiger partial charge on any atom is -0.289 e. The fourth-order valence-corrected chi connectivity index (χ4v) is 2.15. The SMILES string of the molecule is [O]c1cccc2c1-c1ccccc1C2. The Morgan fingerprint density at radius 1 is 0.857 bits per heavy atom. The van der Waals surface area contributed by atoms with Gasteiger partial charge in [0.1, 0.15) is 0 Å².